The molecule has 26 heavy (non-hydrogen) atoms. The maximum Gasteiger partial charge on any atom is 0.321 e. The SMILES string of the molecule is CC[C@H](C)Cc1c(C)sc2nc(S[C@H](C)C(=O)NC(=O)NC)[nH]c(=O)c12. The van der Waals surface area contributed by atoms with E-state index < -0.39 is 17.2 Å². The zero-order chi connectivity index (χ0) is 19.4. The summed E-state index contributed by atoms with van der Waals surface area (Å²) in [6.07, 6.45) is 1.90. The molecule has 0 fully saturated rings. The summed E-state index contributed by atoms with van der Waals surface area (Å²) < 4.78 is 0. The highest BCUT2D eigenvalue weighted by Gasteiger charge is 2.20. The Labute approximate surface area is 160 Å². The van der Waals surface area contributed by atoms with Gasteiger partial charge in [-0.05, 0) is 31.7 Å². The van der Waals surface area contributed by atoms with Crippen LogP contribution in [0.4, 0.5) is 4.79 Å². The molecule has 3 amide bonds. The Bertz CT molecular complexity index is 875. The number of hydrogen-bond acceptors (Lipinski definition) is 6. The lowest BCUT2D eigenvalue weighted by Gasteiger charge is -2.10. The normalized spacial score (nSPS) is 13.4. The fourth-order valence-electron chi connectivity index (χ4n) is 2.45. The van der Waals surface area contributed by atoms with Gasteiger partial charge in [-0.25, -0.2) is 9.78 Å². The number of carbonyl (C=O) groups is 2. The van der Waals surface area contributed by atoms with Gasteiger partial charge in [0.1, 0.15) is 4.83 Å². The number of thiophene rings is 1. The third kappa shape index (κ3) is 4.64. The van der Waals surface area contributed by atoms with E-state index in [1.165, 1.54) is 18.4 Å². The molecule has 0 bridgehead atoms. The van der Waals surface area contributed by atoms with Crippen molar-refractivity contribution in [1.29, 1.82) is 0 Å². The molecular formula is C17H24N4O3S2. The van der Waals surface area contributed by atoms with Crippen LogP contribution in [0.3, 0.4) is 0 Å². The second-order valence-corrected chi connectivity index (χ2v) is 8.77. The predicted octanol–water partition coefficient (Wildman–Crippen LogP) is 2.82. The van der Waals surface area contributed by atoms with E-state index in [0.29, 0.717) is 21.3 Å². The maximum atomic E-state index is 12.6. The molecule has 0 aliphatic heterocycles. The first-order valence-corrected chi connectivity index (χ1v) is 10.2. The average Bonchev–Trinajstić information content (AvgIpc) is 2.90. The van der Waals surface area contributed by atoms with Crippen LogP contribution in [0.25, 0.3) is 10.2 Å². The molecule has 0 saturated carbocycles. The van der Waals surface area contributed by atoms with Crippen molar-refractivity contribution in [3.05, 3.63) is 20.8 Å². The number of amides is 3. The van der Waals surface area contributed by atoms with Crippen LogP contribution in [-0.2, 0) is 11.2 Å². The van der Waals surface area contributed by atoms with Gasteiger partial charge in [0.2, 0.25) is 5.91 Å². The Morgan fingerprint density at radius 1 is 1.35 bits per heavy atom. The number of nitrogens with one attached hydrogen (secondary N) is 3. The lowest BCUT2D eigenvalue weighted by Crippen LogP contribution is -2.41. The number of thioether (sulfide) groups is 1. The monoisotopic (exact) mass is 396 g/mol. The minimum absolute atomic E-state index is 0.181. The molecule has 2 atom stereocenters. The molecule has 2 heterocycles. The highest BCUT2D eigenvalue weighted by molar-refractivity contribution is 8.00. The number of hydrogen-bond donors (Lipinski definition) is 3. The van der Waals surface area contributed by atoms with E-state index in [1.54, 1.807) is 6.92 Å². The van der Waals surface area contributed by atoms with E-state index in [1.807, 2.05) is 6.92 Å². The summed E-state index contributed by atoms with van der Waals surface area (Å²) in [5.74, 6) is 0.0466. The predicted molar refractivity (Wildman–Crippen MR) is 106 cm³/mol. The highest BCUT2D eigenvalue weighted by Crippen LogP contribution is 2.31. The summed E-state index contributed by atoms with van der Waals surface area (Å²) in [4.78, 5) is 44.9. The van der Waals surface area contributed by atoms with Gasteiger partial charge in [0.05, 0.1) is 10.6 Å². The summed E-state index contributed by atoms with van der Waals surface area (Å²) in [7, 11) is 1.43. The van der Waals surface area contributed by atoms with Crippen LogP contribution in [0.2, 0.25) is 0 Å². The van der Waals surface area contributed by atoms with Crippen LogP contribution in [0.15, 0.2) is 9.95 Å². The minimum Gasteiger partial charge on any atom is -0.341 e. The number of fused-ring (bicyclic) bond motifs is 1. The second-order valence-electron chi connectivity index (χ2n) is 6.23. The van der Waals surface area contributed by atoms with Gasteiger partial charge in [0.25, 0.3) is 5.56 Å². The molecule has 9 heteroatoms. The molecule has 2 rings (SSSR count). The summed E-state index contributed by atoms with van der Waals surface area (Å²) in [6.45, 7) is 7.97. The molecule has 0 spiro atoms. The van der Waals surface area contributed by atoms with Gasteiger partial charge in [0, 0.05) is 11.9 Å². The molecule has 0 aromatic carbocycles. The number of aromatic nitrogens is 2. The summed E-state index contributed by atoms with van der Waals surface area (Å²) in [5.41, 5.74) is 0.883. The molecule has 0 aliphatic rings. The van der Waals surface area contributed by atoms with E-state index in [2.05, 4.69) is 34.4 Å². The number of aryl methyl sites for hydroxylation is 1. The van der Waals surface area contributed by atoms with Crippen LogP contribution in [0.5, 0.6) is 0 Å². The van der Waals surface area contributed by atoms with Crippen molar-refractivity contribution in [2.45, 2.75) is 50.9 Å². The average molecular weight is 397 g/mol. The molecule has 3 N–H and O–H groups in total. The first-order chi connectivity index (χ1) is 12.3. The Hall–Kier alpha value is -1.87. The molecule has 142 valence electrons. The third-order valence-corrected chi connectivity index (χ3v) is 6.24. The number of carbonyl (C=O) groups excluding carboxylic acids is 2. The number of imide groups is 1. The summed E-state index contributed by atoms with van der Waals surface area (Å²) >= 11 is 2.61. The van der Waals surface area contributed by atoms with E-state index in [-0.39, 0.29) is 5.56 Å². The quantitative estimate of drug-likeness (QED) is 0.514. The smallest absolute Gasteiger partial charge is 0.321 e. The van der Waals surface area contributed by atoms with E-state index >= 15 is 0 Å². The first-order valence-electron chi connectivity index (χ1n) is 8.48. The second kappa shape index (κ2) is 8.68. The highest BCUT2D eigenvalue weighted by atomic mass is 32.2. The summed E-state index contributed by atoms with van der Waals surface area (Å²) in [6, 6.07) is -0.567. The summed E-state index contributed by atoms with van der Waals surface area (Å²) in [5, 5.41) is 4.99. The number of rotatable bonds is 6. The van der Waals surface area contributed by atoms with Crippen molar-refractivity contribution in [1.82, 2.24) is 20.6 Å². The zero-order valence-electron chi connectivity index (χ0n) is 15.6. The molecule has 2 aromatic heterocycles. The molecule has 0 radical (unpaired) electrons. The fraction of sp³-hybridized carbons (Fsp3) is 0.529. The van der Waals surface area contributed by atoms with E-state index in [4.69, 9.17) is 0 Å². The Kier molecular flexibility index (Phi) is 6.82. The molecule has 0 saturated heterocycles. The topological polar surface area (TPSA) is 104 Å². The Morgan fingerprint density at radius 2 is 2.04 bits per heavy atom. The number of urea groups is 1. The van der Waals surface area contributed by atoms with Gasteiger partial charge in [-0.3, -0.25) is 14.9 Å². The molecular weight excluding hydrogens is 372 g/mol. The van der Waals surface area contributed by atoms with Crippen LogP contribution in [0, 0.1) is 12.8 Å². The number of nitrogens with zero attached hydrogens (tertiary/aromatic N) is 1. The third-order valence-electron chi connectivity index (χ3n) is 4.21. The number of H-pyrrole nitrogens is 1. The largest absolute Gasteiger partial charge is 0.341 e. The van der Waals surface area contributed by atoms with Crippen molar-refractivity contribution >= 4 is 45.3 Å². The van der Waals surface area contributed by atoms with Gasteiger partial charge >= 0.3 is 6.03 Å². The van der Waals surface area contributed by atoms with Crippen LogP contribution in [0.1, 0.15) is 37.6 Å². The van der Waals surface area contributed by atoms with Gasteiger partial charge in [-0.1, -0.05) is 32.0 Å². The van der Waals surface area contributed by atoms with Crippen molar-refractivity contribution in [2.75, 3.05) is 7.05 Å². The van der Waals surface area contributed by atoms with Gasteiger partial charge in [-0.2, -0.15) is 0 Å². The van der Waals surface area contributed by atoms with Crippen LogP contribution < -0.4 is 16.2 Å². The van der Waals surface area contributed by atoms with Gasteiger partial charge < -0.3 is 10.3 Å². The first kappa shape index (κ1) is 20.4. The lowest BCUT2D eigenvalue weighted by atomic mass is 9.98. The lowest BCUT2D eigenvalue weighted by molar-refractivity contribution is -0.119. The van der Waals surface area contributed by atoms with Gasteiger partial charge in [-0.15, -0.1) is 11.3 Å². The Morgan fingerprint density at radius 3 is 2.65 bits per heavy atom. The molecule has 0 unspecified atom stereocenters. The standard InChI is InChI=1S/C17H24N4O3S2/c1-6-8(2)7-11-9(3)25-15-12(11)14(23)20-17(21-15)26-10(4)13(22)19-16(24)18-5/h8,10H,6-7H2,1-5H3,(H,20,21,23)(H2,18,19,22,24)/t8-,10+/m0/s1. The van der Waals surface area contributed by atoms with E-state index in [9.17, 15) is 14.4 Å². The molecule has 2 aromatic rings. The fourth-order valence-corrected chi connectivity index (χ4v) is 4.35. The molecule has 0 aliphatic carbocycles. The number of aromatic amines is 1. The van der Waals surface area contributed by atoms with Crippen LogP contribution >= 0.6 is 23.1 Å². The van der Waals surface area contributed by atoms with Crippen molar-refractivity contribution in [2.24, 2.45) is 5.92 Å². The zero-order valence-corrected chi connectivity index (χ0v) is 17.2. The minimum atomic E-state index is -0.575. The Balaban J connectivity index is 2.27. The van der Waals surface area contributed by atoms with Crippen LogP contribution in [-0.4, -0.2) is 34.2 Å². The van der Waals surface area contributed by atoms with Crippen molar-refractivity contribution in [3.63, 3.8) is 0 Å². The maximum absolute atomic E-state index is 12.6. The van der Waals surface area contributed by atoms with Crippen molar-refractivity contribution < 1.29 is 9.59 Å². The molecule has 7 nitrogen and oxygen atoms in total. The van der Waals surface area contributed by atoms with Crippen molar-refractivity contribution in [3.8, 4) is 0 Å². The van der Waals surface area contributed by atoms with E-state index in [0.717, 1.165) is 35.0 Å². The van der Waals surface area contributed by atoms with Gasteiger partial charge in [0.15, 0.2) is 5.16 Å².